The molecule has 3 heteroatoms. The molecule has 0 aliphatic heterocycles. The quantitative estimate of drug-likeness (QED) is 0.819. The van der Waals surface area contributed by atoms with Gasteiger partial charge < -0.3 is 5.32 Å². The Balaban J connectivity index is 2.42. The lowest BCUT2D eigenvalue weighted by Crippen LogP contribution is -2.25. The molecular formula is C15H20BrNO. The van der Waals surface area contributed by atoms with Gasteiger partial charge in [0.2, 0.25) is 5.91 Å². The second-order valence-corrected chi connectivity index (χ2v) is 5.51. The van der Waals surface area contributed by atoms with E-state index in [0.717, 1.165) is 16.5 Å². The molecule has 0 radical (unpaired) electrons. The van der Waals surface area contributed by atoms with E-state index in [1.165, 1.54) is 18.4 Å². The molecule has 0 atom stereocenters. The van der Waals surface area contributed by atoms with Gasteiger partial charge in [-0.3, -0.25) is 4.79 Å². The van der Waals surface area contributed by atoms with E-state index in [-0.39, 0.29) is 5.91 Å². The van der Waals surface area contributed by atoms with Gasteiger partial charge in [0.15, 0.2) is 0 Å². The van der Waals surface area contributed by atoms with Crippen molar-refractivity contribution in [3.05, 3.63) is 46.5 Å². The molecule has 0 spiro atoms. The summed E-state index contributed by atoms with van der Waals surface area (Å²) in [5, 5.41) is 2.79. The van der Waals surface area contributed by atoms with Gasteiger partial charge in [-0.25, -0.2) is 0 Å². The molecule has 1 aromatic carbocycles. The second-order valence-electron chi connectivity index (χ2n) is 4.39. The largest absolute Gasteiger partial charge is 0.351 e. The fraction of sp³-hybridized carbons (Fsp3) is 0.400. The minimum absolute atomic E-state index is 0.0249. The predicted molar refractivity (Wildman–Crippen MR) is 79.8 cm³/mol. The van der Waals surface area contributed by atoms with Gasteiger partial charge in [0, 0.05) is 11.0 Å². The summed E-state index contributed by atoms with van der Waals surface area (Å²) < 4.78 is 0.783. The molecule has 18 heavy (non-hydrogen) atoms. The summed E-state index contributed by atoms with van der Waals surface area (Å²) in [5.74, 6) is 0.0249. The molecule has 0 aliphatic carbocycles. The van der Waals surface area contributed by atoms with Crippen LogP contribution in [0.4, 0.5) is 0 Å². The molecule has 1 aromatic rings. The van der Waals surface area contributed by atoms with Crippen molar-refractivity contribution in [3.8, 4) is 0 Å². The lowest BCUT2D eigenvalue weighted by Gasteiger charge is -2.05. The van der Waals surface area contributed by atoms with Crippen LogP contribution in [0.25, 0.3) is 0 Å². The Bertz CT molecular complexity index is 397. The highest BCUT2D eigenvalue weighted by Gasteiger charge is 2.03. The van der Waals surface area contributed by atoms with Crippen molar-refractivity contribution >= 4 is 21.8 Å². The summed E-state index contributed by atoms with van der Waals surface area (Å²) in [6, 6.07) is 8.30. The van der Waals surface area contributed by atoms with E-state index < -0.39 is 0 Å². The van der Waals surface area contributed by atoms with E-state index in [1.54, 1.807) is 0 Å². The van der Waals surface area contributed by atoms with Crippen LogP contribution in [0, 0.1) is 0 Å². The normalized spacial score (nSPS) is 10.1. The Morgan fingerprint density at radius 1 is 1.28 bits per heavy atom. The molecule has 1 amide bonds. The first-order valence-corrected chi connectivity index (χ1v) is 7.09. The molecule has 0 aliphatic rings. The number of hydrogen-bond acceptors (Lipinski definition) is 1. The number of hydrogen-bond donors (Lipinski definition) is 1. The maximum Gasteiger partial charge on any atom is 0.224 e. The maximum atomic E-state index is 11.6. The van der Waals surface area contributed by atoms with Gasteiger partial charge >= 0.3 is 0 Å². The molecule has 1 N–H and O–H groups in total. The third kappa shape index (κ3) is 6.01. The van der Waals surface area contributed by atoms with Gasteiger partial charge in [0.1, 0.15) is 0 Å². The molecule has 0 unspecified atom stereocenters. The van der Waals surface area contributed by atoms with E-state index in [9.17, 15) is 4.79 Å². The first-order valence-electron chi connectivity index (χ1n) is 6.29. The molecule has 0 fully saturated rings. The topological polar surface area (TPSA) is 29.1 Å². The Morgan fingerprint density at radius 3 is 2.44 bits per heavy atom. The summed E-state index contributed by atoms with van der Waals surface area (Å²) in [7, 11) is 0. The first-order chi connectivity index (χ1) is 8.61. The highest BCUT2D eigenvalue weighted by molar-refractivity contribution is 9.11. The molecule has 1 rings (SSSR count). The SMILES string of the molecule is C=C(Br)CNC(=O)Cc1ccc(CCCC)cc1. The second kappa shape index (κ2) is 8.09. The number of unbranched alkanes of at least 4 members (excludes halogenated alkanes) is 1. The van der Waals surface area contributed by atoms with E-state index in [4.69, 9.17) is 0 Å². The minimum atomic E-state index is 0.0249. The first kappa shape index (κ1) is 15.0. The van der Waals surface area contributed by atoms with E-state index in [2.05, 4.69) is 46.9 Å². The van der Waals surface area contributed by atoms with E-state index in [0.29, 0.717) is 13.0 Å². The highest BCUT2D eigenvalue weighted by atomic mass is 79.9. The van der Waals surface area contributed by atoms with Crippen LogP contribution in [0.15, 0.2) is 35.3 Å². The van der Waals surface area contributed by atoms with Crippen molar-refractivity contribution < 1.29 is 4.79 Å². The van der Waals surface area contributed by atoms with Crippen LogP contribution in [0.1, 0.15) is 30.9 Å². The Labute approximate surface area is 118 Å². The van der Waals surface area contributed by atoms with Crippen LogP contribution < -0.4 is 5.32 Å². The van der Waals surface area contributed by atoms with Gasteiger partial charge in [-0.15, -0.1) is 0 Å². The zero-order chi connectivity index (χ0) is 13.4. The number of carbonyl (C=O) groups is 1. The number of amides is 1. The molecule has 2 nitrogen and oxygen atoms in total. The molecule has 0 aromatic heterocycles. The maximum absolute atomic E-state index is 11.6. The monoisotopic (exact) mass is 309 g/mol. The molecule has 0 saturated carbocycles. The van der Waals surface area contributed by atoms with Crippen molar-refractivity contribution in [2.75, 3.05) is 6.54 Å². The third-order valence-electron chi connectivity index (χ3n) is 2.68. The highest BCUT2D eigenvalue weighted by Crippen LogP contribution is 2.08. The number of rotatable bonds is 7. The zero-order valence-electron chi connectivity index (χ0n) is 10.8. The van der Waals surface area contributed by atoms with Crippen LogP contribution in [0.5, 0.6) is 0 Å². The minimum Gasteiger partial charge on any atom is -0.351 e. The summed E-state index contributed by atoms with van der Waals surface area (Å²) in [4.78, 5) is 11.6. The van der Waals surface area contributed by atoms with Crippen LogP contribution in [0.3, 0.4) is 0 Å². The van der Waals surface area contributed by atoms with Gasteiger partial charge in [-0.1, -0.05) is 60.1 Å². The molecule has 98 valence electrons. The molecule has 0 saturated heterocycles. The lowest BCUT2D eigenvalue weighted by atomic mass is 10.0. The number of benzene rings is 1. The van der Waals surface area contributed by atoms with Crippen LogP contribution in [0.2, 0.25) is 0 Å². The average molecular weight is 310 g/mol. The number of nitrogens with one attached hydrogen (secondary N) is 1. The molecule has 0 heterocycles. The Hall–Kier alpha value is -1.09. The standard InChI is InChI=1S/C15H20BrNO/c1-3-4-5-13-6-8-14(9-7-13)10-15(18)17-11-12(2)16/h6-9H,2-5,10-11H2,1H3,(H,17,18). The Morgan fingerprint density at radius 2 is 1.89 bits per heavy atom. The Kier molecular flexibility index (Phi) is 6.73. The van der Waals surface area contributed by atoms with Crippen molar-refractivity contribution in [1.82, 2.24) is 5.32 Å². The van der Waals surface area contributed by atoms with Gasteiger partial charge in [0.25, 0.3) is 0 Å². The number of halogens is 1. The van der Waals surface area contributed by atoms with Crippen molar-refractivity contribution in [3.63, 3.8) is 0 Å². The third-order valence-corrected chi connectivity index (χ3v) is 2.96. The molecule has 0 bridgehead atoms. The summed E-state index contributed by atoms with van der Waals surface area (Å²) in [5.41, 5.74) is 2.39. The fourth-order valence-electron chi connectivity index (χ4n) is 1.65. The van der Waals surface area contributed by atoms with Crippen molar-refractivity contribution in [1.29, 1.82) is 0 Å². The summed E-state index contributed by atoms with van der Waals surface area (Å²) >= 11 is 3.21. The average Bonchev–Trinajstić information content (AvgIpc) is 2.35. The number of aryl methyl sites for hydroxylation is 1. The van der Waals surface area contributed by atoms with E-state index in [1.807, 2.05) is 12.1 Å². The lowest BCUT2D eigenvalue weighted by molar-refractivity contribution is -0.120. The van der Waals surface area contributed by atoms with Crippen molar-refractivity contribution in [2.45, 2.75) is 32.6 Å². The fourth-order valence-corrected chi connectivity index (χ4v) is 1.79. The summed E-state index contributed by atoms with van der Waals surface area (Å²) in [6.07, 6.45) is 3.97. The predicted octanol–water partition coefficient (Wildman–Crippen LogP) is 3.60. The van der Waals surface area contributed by atoms with Crippen LogP contribution in [-0.2, 0) is 17.6 Å². The van der Waals surface area contributed by atoms with Gasteiger partial charge in [0.05, 0.1) is 6.42 Å². The number of carbonyl (C=O) groups excluding carboxylic acids is 1. The van der Waals surface area contributed by atoms with E-state index >= 15 is 0 Å². The molecular weight excluding hydrogens is 290 g/mol. The van der Waals surface area contributed by atoms with Crippen LogP contribution in [-0.4, -0.2) is 12.5 Å². The summed E-state index contributed by atoms with van der Waals surface area (Å²) in [6.45, 7) is 6.35. The van der Waals surface area contributed by atoms with Gasteiger partial charge in [-0.05, 0) is 24.0 Å². The zero-order valence-corrected chi connectivity index (χ0v) is 12.4. The van der Waals surface area contributed by atoms with Gasteiger partial charge in [-0.2, -0.15) is 0 Å². The van der Waals surface area contributed by atoms with Crippen molar-refractivity contribution in [2.24, 2.45) is 0 Å². The smallest absolute Gasteiger partial charge is 0.224 e. The van der Waals surface area contributed by atoms with Crippen LogP contribution >= 0.6 is 15.9 Å².